The van der Waals surface area contributed by atoms with Crippen LogP contribution in [-0.4, -0.2) is 165 Å². The maximum Gasteiger partial charge on any atom is 0.410 e. The zero-order valence-corrected chi connectivity index (χ0v) is 49.3. The number of carbonyl (C=O) groups excluding carboxylic acids is 4. The minimum atomic E-state index is -3.87. The first-order chi connectivity index (χ1) is 37.6. The van der Waals surface area contributed by atoms with Crippen LogP contribution in [0.3, 0.4) is 0 Å². The summed E-state index contributed by atoms with van der Waals surface area (Å²) < 4.78 is 45.3. The highest BCUT2D eigenvalue weighted by molar-refractivity contribution is 7.92. The standard InChI is InChI=1S/C57H79N13O9S/c1-34-35(2)65-66-48(34)64-49-41-28-46(80(75,76)57(10,11)12)45(29-43(41)60-33-61-49)77-26-25-68-21-23-69(24-22-68)53-58-30-39(31-59-53)78-38-27-44(51(72)62-42-20-16-18-37-17-14-15-19-40(37)42)70(32-38)52(73)47(55(4,5)6)63-50(71)36(3)67(13)54(74)79-56(7,8)9/h14-15,17,19,28-31,33,36,38,42,44,47H,16,18,20-27,32H2,1-13H3,(H,62,72)(H,63,71)(H2,60,61,64,65,66)/t36-,38-,42+,44-,47+/m0/s1. The van der Waals surface area contributed by atoms with Crippen molar-refractivity contribution in [3.63, 3.8) is 0 Å². The minimum Gasteiger partial charge on any atom is -0.491 e. The zero-order valence-electron chi connectivity index (χ0n) is 48.5. The van der Waals surface area contributed by atoms with E-state index in [1.54, 1.807) is 73.0 Å². The monoisotopic (exact) mass is 1120 g/mol. The van der Waals surface area contributed by atoms with Crippen LogP contribution in [0.15, 0.2) is 60.0 Å². The number of aromatic amines is 1. The highest BCUT2D eigenvalue weighted by Gasteiger charge is 2.47. The molecule has 0 saturated carbocycles. The molecule has 0 bridgehead atoms. The molecule has 2 saturated heterocycles. The Morgan fingerprint density at radius 1 is 0.912 bits per heavy atom. The average molecular weight is 1120 g/mol. The highest BCUT2D eigenvalue weighted by atomic mass is 32.2. The lowest BCUT2D eigenvalue weighted by Crippen LogP contribution is -2.60. The van der Waals surface area contributed by atoms with Crippen molar-refractivity contribution in [2.75, 3.05) is 63.1 Å². The molecule has 2 aromatic carbocycles. The topological polar surface area (TPSA) is 259 Å². The molecule has 4 amide bonds. The maximum atomic E-state index is 14.9. The van der Waals surface area contributed by atoms with E-state index in [-0.39, 0.29) is 42.2 Å². The van der Waals surface area contributed by atoms with Gasteiger partial charge in [0.05, 0.1) is 35.2 Å². The van der Waals surface area contributed by atoms with Crippen LogP contribution >= 0.6 is 0 Å². The van der Waals surface area contributed by atoms with Crippen molar-refractivity contribution >= 4 is 62.1 Å². The number of nitrogens with zero attached hydrogens (tertiary/aromatic N) is 9. The Bertz CT molecular complexity index is 3180. The van der Waals surface area contributed by atoms with Gasteiger partial charge in [0.25, 0.3) is 0 Å². The number of benzene rings is 2. The number of sulfone groups is 1. The molecule has 432 valence electrons. The summed E-state index contributed by atoms with van der Waals surface area (Å²) in [5.74, 6) is 0.776. The van der Waals surface area contributed by atoms with Crippen molar-refractivity contribution in [2.24, 2.45) is 5.41 Å². The molecule has 0 spiro atoms. The molecule has 1 aliphatic carbocycles. The molecule has 3 aromatic heterocycles. The van der Waals surface area contributed by atoms with E-state index in [9.17, 15) is 27.6 Å². The molecule has 80 heavy (non-hydrogen) atoms. The molecule has 2 fully saturated rings. The molecule has 0 unspecified atom stereocenters. The first-order valence-corrected chi connectivity index (χ1v) is 28.9. The number of carbonyl (C=O) groups is 4. The summed E-state index contributed by atoms with van der Waals surface area (Å²) in [6, 6.07) is 8.10. The summed E-state index contributed by atoms with van der Waals surface area (Å²) in [7, 11) is -2.40. The first-order valence-electron chi connectivity index (χ1n) is 27.4. The summed E-state index contributed by atoms with van der Waals surface area (Å²) >= 11 is 0. The molecule has 2 aliphatic heterocycles. The van der Waals surface area contributed by atoms with Gasteiger partial charge in [0.1, 0.15) is 59.2 Å². The average Bonchev–Trinajstić information content (AvgIpc) is 4.12. The Morgan fingerprint density at radius 2 is 1.61 bits per heavy atom. The molecular formula is C57H79N13O9S. The second-order valence-electron chi connectivity index (χ2n) is 24.2. The van der Waals surface area contributed by atoms with Crippen LogP contribution < -0.4 is 30.3 Å². The molecule has 0 radical (unpaired) electrons. The molecule has 5 heterocycles. The SMILES string of the molecule is Cc1[nH]nc(Nc2ncnc3cc(OCCN4CCN(c5ncc(O[C@H]6C[C@@H](C(=O)N[C@@H]7CCCc8ccccc87)N(C(=O)[C@@H](NC(=O)[C@H](C)N(C)C(=O)OC(C)(C)C)C(C)(C)C)C6)cn5)CC4)c(S(=O)(=O)C(C)(C)C)cc23)c1C. The van der Waals surface area contributed by atoms with Crippen molar-refractivity contribution in [1.82, 2.24) is 55.5 Å². The summed E-state index contributed by atoms with van der Waals surface area (Å²) in [5, 5.41) is 17.2. The van der Waals surface area contributed by atoms with E-state index in [0.29, 0.717) is 67.0 Å². The lowest BCUT2D eigenvalue weighted by Gasteiger charge is -2.37. The first kappa shape index (κ1) is 59.0. The van der Waals surface area contributed by atoms with Gasteiger partial charge in [-0.1, -0.05) is 45.0 Å². The number of rotatable bonds is 16. The quantitative estimate of drug-likeness (QED) is 0.0811. The minimum absolute atomic E-state index is 0.0505. The van der Waals surface area contributed by atoms with Gasteiger partial charge in [0, 0.05) is 68.9 Å². The van der Waals surface area contributed by atoms with Gasteiger partial charge in [-0.25, -0.2) is 33.1 Å². The summed E-state index contributed by atoms with van der Waals surface area (Å²) in [5.41, 5.74) is 2.98. The van der Waals surface area contributed by atoms with Crippen LogP contribution in [0.5, 0.6) is 11.5 Å². The van der Waals surface area contributed by atoms with Crippen molar-refractivity contribution < 1.29 is 41.8 Å². The predicted octanol–water partition coefficient (Wildman–Crippen LogP) is 6.60. The zero-order chi connectivity index (χ0) is 58.1. The number of H-pyrrole nitrogens is 1. The van der Waals surface area contributed by atoms with Gasteiger partial charge in [-0.05, 0) is 104 Å². The maximum absolute atomic E-state index is 14.9. The van der Waals surface area contributed by atoms with Gasteiger partial charge in [0.2, 0.25) is 23.7 Å². The second-order valence-corrected chi connectivity index (χ2v) is 26.9. The number of nitrogens with one attached hydrogen (secondary N) is 4. The van der Waals surface area contributed by atoms with Gasteiger partial charge in [-0.15, -0.1) is 0 Å². The third-order valence-corrected chi connectivity index (χ3v) is 17.6. The number of amides is 4. The Balaban J connectivity index is 0.913. The molecular weight excluding hydrogens is 1040 g/mol. The molecule has 3 aliphatic rings. The predicted molar refractivity (Wildman–Crippen MR) is 304 cm³/mol. The van der Waals surface area contributed by atoms with Crippen molar-refractivity contribution in [3.05, 3.63) is 77.5 Å². The number of fused-ring (bicyclic) bond motifs is 2. The molecule has 22 nitrogen and oxygen atoms in total. The molecule has 5 aromatic rings. The fourth-order valence-electron chi connectivity index (χ4n) is 10.0. The van der Waals surface area contributed by atoms with Crippen LogP contribution in [0.4, 0.5) is 22.4 Å². The molecule has 23 heteroatoms. The number of ether oxygens (including phenoxy) is 3. The Morgan fingerprint density at radius 3 is 2.26 bits per heavy atom. The number of likely N-dealkylation sites (N-methyl/N-ethyl adjacent to an activating group) is 1. The normalized spacial score (nSPS) is 18.9. The van der Waals surface area contributed by atoms with E-state index in [2.05, 4.69) is 61.9 Å². The summed E-state index contributed by atoms with van der Waals surface area (Å²) in [4.78, 5) is 81.5. The summed E-state index contributed by atoms with van der Waals surface area (Å²) in [6.07, 6.45) is 6.06. The number of aryl methyl sites for hydroxylation is 2. The fraction of sp³-hybridized carbons (Fsp3) is 0.561. The van der Waals surface area contributed by atoms with Gasteiger partial charge < -0.3 is 40.0 Å². The van der Waals surface area contributed by atoms with Crippen LogP contribution in [0.25, 0.3) is 10.9 Å². The lowest BCUT2D eigenvalue weighted by molar-refractivity contribution is -0.144. The number of anilines is 3. The molecule has 5 atom stereocenters. The summed E-state index contributed by atoms with van der Waals surface area (Å²) in [6.45, 7) is 24.5. The van der Waals surface area contributed by atoms with Crippen LogP contribution in [0, 0.1) is 19.3 Å². The van der Waals surface area contributed by atoms with Crippen LogP contribution in [0.2, 0.25) is 0 Å². The Labute approximate surface area is 469 Å². The largest absolute Gasteiger partial charge is 0.491 e. The van der Waals surface area contributed by atoms with E-state index in [0.717, 1.165) is 36.1 Å². The fourth-order valence-corrected chi connectivity index (χ4v) is 11.3. The Hall–Kier alpha value is -7.14. The van der Waals surface area contributed by atoms with Crippen LogP contribution in [0.1, 0.15) is 117 Å². The van der Waals surface area contributed by atoms with Gasteiger partial charge in [0.15, 0.2) is 21.4 Å². The van der Waals surface area contributed by atoms with E-state index in [4.69, 9.17) is 14.2 Å². The van der Waals surface area contributed by atoms with E-state index >= 15 is 0 Å². The number of hydrogen-bond acceptors (Lipinski definition) is 17. The Kier molecular flexibility index (Phi) is 17.3. The van der Waals surface area contributed by atoms with Crippen molar-refractivity contribution in [3.8, 4) is 11.5 Å². The third kappa shape index (κ3) is 13.4. The lowest BCUT2D eigenvalue weighted by atomic mass is 9.85. The van der Waals surface area contributed by atoms with Crippen molar-refractivity contribution in [1.29, 1.82) is 0 Å². The number of hydrogen-bond donors (Lipinski definition) is 4. The third-order valence-electron chi connectivity index (χ3n) is 15.1. The van der Waals surface area contributed by atoms with E-state index < -0.39 is 67.7 Å². The van der Waals surface area contributed by atoms with E-state index in [1.165, 1.54) is 28.7 Å². The van der Waals surface area contributed by atoms with Crippen molar-refractivity contribution in [2.45, 2.75) is 154 Å². The van der Waals surface area contributed by atoms with Gasteiger partial charge in [-0.3, -0.25) is 29.3 Å². The highest BCUT2D eigenvalue weighted by Crippen LogP contribution is 2.38. The van der Waals surface area contributed by atoms with Gasteiger partial charge >= 0.3 is 6.09 Å². The number of piperazine rings is 1. The smallest absolute Gasteiger partial charge is 0.410 e. The van der Waals surface area contributed by atoms with E-state index in [1.807, 2.05) is 52.8 Å². The molecule has 4 N–H and O–H groups in total. The molecule has 8 rings (SSSR count). The van der Waals surface area contributed by atoms with Crippen LogP contribution in [-0.2, 0) is 35.4 Å². The number of aromatic nitrogens is 6. The second kappa shape index (κ2) is 23.5. The number of likely N-dealkylation sites (tertiary alicyclic amines) is 1. The van der Waals surface area contributed by atoms with Gasteiger partial charge in [-0.2, -0.15) is 5.10 Å².